The molecule has 1 aromatic carbocycles. The van der Waals surface area contributed by atoms with Crippen LogP contribution in [0.1, 0.15) is 5.56 Å². The fraction of sp³-hybridized carbons (Fsp3) is 0.400. The highest BCUT2D eigenvalue weighted by molar-refractivity contribution is 5.91. The van der Waals surface area contributed by atoms with Crippen molar-refractivity contribution in [3.63, 3.8) is 0 Å². The van der Waals surface area contributed by atoms with E-state index in [1.807, 2.05) is 12.1 Å². The highest BCUT2D eigenvalue weighted by Gasteiger charge is 1.96. The number of amides is 1. The number of benzene rings is 1. The third kappa shape index (κ3) is 8.09. The molecule has 0 fully saturated rings. The largest absolute Gasteiger partial charge is 0.468 e. The van der Waals surface area contributed by atoms with Gasteiger partial charge in [-0.2, -0.15) is 0 Å². The standard InChI is InChI=1S/C15H21NO5/c1-19-12-21-14-5-2-13(3-6-14)4-7-15(18)16-8-10-20-11-9-17/h2-7,17H,8-12H2,1H3,(H,16,18)/b7-4+. The monoisotopic (exact) mass is 295 g/mol. The Labute approximate surface area is 124 Å². The molecule has 0 aliphatic carbocycles. The van der Waals surface area contributed by atoms with Crippen LogP contribution in [-0.4, -0.2) is 51.3 Å². The molecule has 1 rings (SSSR count). The normalized spacial score (nSPS) is 10.8. The van der Waals surface area contributed by atoms with Crippen LogP contribution < -0.4 is 10.1 Å². The summed E-state index contributed by atoms with van der Waals surface area (Å²) in [5.41, 5.74) is 0.895. The van der Waals surface area contributed by atoms with Gasteiger partial charge in [-0.1, -0.05) is 12.1 Å². The number of carbonyl (C=O) groups excluding carboxylic acids is 1. The Morgan fingerprint density at radius 1 is 1.29 bits per heavy atom. The number of hydrogen-bond acceptors (Lipinski definition) is 5. The first-order chi connectivity index (χ1) is 10.3. The van der Waals surface area contributed by atoms with Crippen molar-refractivity contribution in [2.24, 2.45) is 0 Å². The molecule has 0 atom stereocenters. The average Bonchev–Trinajstić information content (AvgIpc) is 2.51. The molecule has 0 aliphatic heterocycles. The molecule has 0 unspecified atom stereocenters. The van der Waals surface area contributed by atoms with Crippen LogP contribution in [-0.2, 0) is 14.3 Å². The van der Waals surface area contributed by atoms with E-state index in [0.717, 1.165) is 5.56 Å². The van der Waals surface area contributed by atoms with Crippen LogP contribution in [0.25, 0.3) is 6.08 Å². The summed E-state index contributed by atoms with van der Waals surface area (Å²) in [7, 11) is 1.56. The van der Waals surface area contributed by atoms with E-state index in [0.29, 0.717) is 18.9 Å². The number of methoxy groups -OCH3 is 1. The Hall–Kier alpha value is -1.89. The summed E-state index contributed by atoms with van der Waals surface area (Å²) in [6.07, 6.45) is 3.17. The van der Waals surface area contributed by atoms with Gasteiger partial charge in [0.05, 0.1) is 19.8 Å². The second-order valence-electron chi connectivity index (χ2n) is 4.08. The zero-order valence-electron chi connectivity index (χ0n) is 12.1. The van der Waals surface area contributed by atoms with E-state index >= 15 is 0 Å². The molecule has 6 heteroatoms. The maximum absolute atomic E-state index is 11.5. The van der Waals surface area contributed by atoms with Crippen LogP contribution >= 0.6 is 0 Å². The summed E-state index contributed by atoms with van der Waals surface area (Å²) in [5, 5.41) is 11.2. The summed E-state index contributed by atoms with van der Waals surface area (Å²) >= 11 is 0. The summed E-state index contributed by atoms with van der Waals surface area (Å²) < 4.78 is 15.1. The molecule has 1 aromatic rings. The zero-order valence-corrected chi connectivity index (χ0v) is 12.1. The highest BCUT2D eigenvalue weighted by Crippen LogP contribution is 2.12. The molecule has 1 amide bonds. The van der Waals surface area contributed by atoms with Gasteiger partial charge < -0.3 is 24.6 Å². The van der Waals surface area contributed by atoms with Gasteiger partial charge in [-0.05, 0) is 23.8 Å². The zero-order chi connectivity index (χ0) is 15.3. The molecule has 2 N–H and O–H groups in total. The minimum atomic E-state index is -0.192. The Bertz CT molecular complexity index is 430. The topological polar surface area (TPSA) is 77.0 Å². The number of aliphatic hydroxyl groups is 1. The maximum Gasteiger partial charge on any atom is 0.244 e. The van der Waals surface area contributed by atoms with Gasteiger partial charge in [0.25, 0.3) is 0 Å². The number of carbonyl (C=O) groups is 1. The molecule has 21 heavy (non-hydrogen) atoms. The Morgan fingerprint density at radius 3 is 2.71 bits per heavy atom. The number of ether oxygens (including phenoxy) is 3. The van der Waals surface area contributed by atoms with Crippen molar-refractivity contribution >= 4 is 12.0 Å². The SMILES string of the molecule is COCOc1ccc(/C=C/C(=O)NCCOCCO)cc1. The third-order valence-electron chi connectivity index (χ3n) is 2.43. The van der Waals surface area contributed by atoms with Crippen LogP contribution in [0.2, 0.25) is 0 Å². The molecule has 0 aliphatic rings. The summed E-state index contributed by atoms with van der Waals surface area (Å²) in [6, 6.07) is 7.30. The lowest BCUT2D eigenvalue weighted by Crippen LogP contribution is -2.25. The Kier molecular flexibility index (Phi) is 8.86. The van der Waals surface area contributed by atoms with Crippen molar-refractivity contribution in [3.05, 3.63) is 35.9 Å². The van der Waals surface area contributed by atoms with Gasteiger partial charge in [0.1, 0.15) is 5.75 Å². The molecule has 0 spiro atoms. The van der Waals surface area contributed by atoms with E-state index in [1.54, 1.807) is 25.3 Å². The first-order valence-electron chi connectivity index (χ1n) is 6.62. The molecule has 0 saturated heterocycles. The lowest BCUT2D eigenvalue weighted by Gasteiger charge is -2.04. The molecule has 0 radical (unpaired) electrons. The van der Waals surface area contributed by atoms with Gasteiger partial charge in [-0.3, -0.25) is 4.79 Å². The Balaban J connectivity index is 2.29. The van der Waals surface area contributed by atoms with E-state index in [1.165, 1.54) is 6.08 Å². The first kappa shape index (κ1) is 17.2. The minimum Gasteiger partial charge on any atom is -0.468 e. The van der Waals surface area contributed by atoms with E-state index < -0.39 is 0 Å². The maximum atomic E-state index is 11.5. The van der Waals surface area contributed by atoms with Crippen molar-refractivity contribution in [1.29, 1.82) is 0 Å². The van der Waals surface area contributed by atoms with Crippen LogP contribution in [0.15, 0.2) is 30.3 Å². The number of nitrogens with one attached hydrogen (secondary N) is 1. The molecule has 0 bridgehead atoms. The van der Waals surface area contributed by atoms with Gasteiger partial charge in [-0.15, -0.1) is 0 Å². The second-order valence-corrected chi connectivity index (χ2v) is 4.08. The fourth-order valence-corrected chi connectivity index (χ4v) is 1.45. The average molecular weight is 295 g/mol. The summed E-state index contributed by atoms with van der Waals surface area (Å²) in [4.78, 5) is 11.5. The fourth-order valence-electron chi connectivity index (χ4n) is 1.45. The predicted molar refractivity (Wildman–Crippen MR) is 78.9 cm³/mol. The quantitative estimate of drug-likeness (QED) is 0.379. The molecular weight excluding hydrogens is 274 g/mol. The molecule has 6 nitrogen and oxygen atoms in total. The molecule has 116 valence electrons. The van der Waals surface area contributed by atoms with Crippen molar-refractivity contribution < 1.29 is 24.1 Å². The van der Waals surface area contributed by atoms with Gasteiger partial charge in [0, 0.05) is 19.7 Å². The molecule has 0 aromatic heterocycles. The van der Waals surface area contributed by atoms with Crippen LogP contribution in [0, 0.1) is 0 Å². The third-order valence-corrected chi connectivity index (χ3v) is 2.43. The second kappa shape index (κ2) is 10.8. The molecule has 0 heterocycles. The number of hydrogen-bond donors (Lipinski definition) is 2. The lowest BCUT2D eigenvalue weighted by molar-refractivity contribution is -0.116. The summed E-state index contributed by atoms with van der Waals surface area (Å²) in [5.74, 6) is 0.516. The smallest absolute Gasteiger partial charge is 0.244 e. The van der Waals surface area contributed by atoms with Crippen LogP contribution in [0.5, 0.6) is 5.75 Å². The van der Waals surface area contributed by atoms with Crippen molar-refractivity contribution in [2.45, 2.75) is 0 Å². The molecular formula is C15H21NO5. The van der Waals surface area contributed by atoms with Gasteiger partial charge in [0.15, 0.2) is 6.79 Å². The predicted octanol–water partition coefficient (Wildman–Crippen LogP) is 0.808. The number of rotatable bonds is 10. The Morgan fingerprint density at radius 2 is 2.05 bits per heavy atom. The van der Waals surface area contributed by atoms with E-state index in [2.05, 4.69) is 5.32 Å². The van der Waals surface area contributed by atoms with E-state index in [9.17, 15) is 4.79 Å². The van der Waals surface area contributed by atoms with E-state index in [-0.39, 0.29) is 25.9 Å². The van der Waals surface area contributed by atoms with Gasteiger partial charge >= 0.3 is 0 Å². The lowest BCUT2D eigenvalue weighted by atomic mass is 10.2. The minimum absolute atomic E-state index is 0.0159. The number of aliphatic hydroxyl groups excluding tert-OH is 1. The van der Waals surface area contributed by atoms with Crippen molar-refractivity contribution in [3.8, 4) is 5.75 Å². The van der Waals surface area contributed by atoms with Crippen molar-refractivity contribution in [1.82, 2.24) is 5.32 Å². The van der Waals surface area contributed by atoms with Crippen molar-refractivity contribution in [2.75, 3.05) is 40.3 Å². The van der Waals surface area contributed by atoms with Crippen LogP contribution in [0.4, 0.5) is 0 Å². The highest BCUT2D eigenvalue weighted by atomic mass is 16.7. The molecule has 0 saturated carbocycles. The van der Waals surface area contributed by atoms with Gasteiger partial charge in [0.2, 0.25) is 5.91 Å². The summed E-state index contributed by atoms with van der Waals surface area (Å²) in [6.45, 7) is 1.26. The van der Waals surface area contributed by atoms with Gasteiger partial charge in [-0.25, -0.2) is 0 Å². The first-order valence-corrected chi connectivity index (χ1v) is 6.62. The van der Waals surface area contributed by atoms with Crippen LogP contribution in [0.3, 0.4) is 0 Å². The van der Waals surface area contributed by atoms with E-state index in [4.69, 9.17) is 19.3 Å².